The van der Waals surface area contributed by atoms with E-state index in [0.717, 1.165) is 63.2 Å². The van der Waals surface area contributed by atoms with Crippen molar-refractivity contribution in [1.29, 1.82) is 0 Å². The average molecular weight is 407 g/mol. The molecule has 2 heterocycles. The maximum atomic E-state index is 5.84. The Labute approximate surface area is 178 Å². The zero-order valence-electron chi connectivity index (χ0n) is 17.6. The molecule has 1 aromatic heterocycles. The van der Waals surface area contributed by atoms with Crippen LogP contribution in [-0.2, 0) is 20.2 Å². The van der Waals surface area contributed by atoms with Gasteiger partial charge in [-0.1, -0.05) is 30.3 Å². The molecule has 2 aromatic carbocycles. The van der Waals surface area contributed by atoms with Crippen LogP contribution < -0.4 is 9.47 Å². The summed E-state index contributed by atoms with van der Waals surface area (Å²) in [5.74, 6) is 2.75. The van der Waals surface area contributed by atoms with Gasteiger partial charge in [-0.2, -0.15) is 0 Å². The van der Waals surface area contributed by atoms with Gasteiger partial charge in [0.05, 0.1) is 0 Å². The molecule has 30 heavy (non-hydrogen) atoms. The second-order valence-electron chi connectivity index (χ2n) is 7.67. The molecule has 6 nitrogen and oxygen atoms in total. The van der Waals surface area contributed by atoms with Gasteiger partial charge in [-0.3, -0.25) is 9.80 Å². The molecular weight excluding hydrogens is 376 g/mol. The second-order valence-corrected chi connectivity index (χ2v) is 7.67. The van der Waals surface area contributed by atoms with E-state index in [9.17, 15) is 0 Å². The van der Waals surface area contributed by atoms with Crippen LogP contribution in [0, 0.1) is 0 Å². The van der Waals surface area contributed by atoms with Crippen LogP contribution in [-0.4, -0.2) is 58.7 Å². The maximum Gasteiger partial charge on any atom is 0.146 e. The Hall–Kier alpha value is -2.83. The van der Waals surface area contributed by atoms with Crippen molar-refractivity contribution in [2.45, 2.75) is 13.2 Å². The largest absolute Gasteiger partial charge is 0.492 e. The first-order valence-electron chi connectivity index (χ1n) is 10.6. The number of piperazine rings is 1. The molecule has 0 spiro atoms. The Morgan fingerprint density at radius 1 is 0.833 bits per heavy atom. The zero-order valence-corrected chi connectivity index (χ0v) is 17.6. The minimum atomic E-state index is 0.485. The van der Waals surface area contributed by atoms with E-state index in [1.807, 2.05) is 48.1 Å². The Kier molecular flexibility index (Phi) is 7.00. The van der Waals surface area contributed by atoms with Crippen molar-refractivity contribution in [2.75, 3.05) is 39.3 Å². The van der Waals surface area contributed by atoms with Crippen LogP contribution in [0.15, 0.2) is 67.0 Å². The Morgan fingerprint density at radius 3 is 2.23 bits per heavy atom. The van der Waals surface area contributed by atoms with E-state index in [-0.39, 0.29) is 0 Å². The molecule has 0 radical (unpaired) electrons. The molecule has 3 aromatic rings. The van der Waals surface area contributed by atoms with Crippen LogP contribution in [0.2, 0.25) is 0 Å². The van der Waals surface area contributed by atoms with Crippen molar-refractivity contribution in [3.05, 3.63) is 78.4 Å². The number of hydrogen-bond acceptors (Lipinski definition) is 5. The lowest BCUT2D eigenvalue weighted by Crippen LogP contribution is -2.47. The number of para-hydroxylation sites is 1. The Bertz CT molecular complexity index is 887. The fraction of sp³-hybridized carbons (Fsp3) is 0.375. The second kappa shape index (κ2) is 10.3. The van der Waals surface area contributed by atoms with Gasteiger partial charge in [0, 0.05) is 58.7 Å². The van der Waals surface area contributed by atoms with E-state index < -0.39 is 0 Å². The van der Waals surface area contributed by atoms with Gasteiger partial charge in [0.25, 0.3) is 0 Å². The summed E-state index contributed by atoms with van der Waals surface area (Å²) in [6, 6.07) is 18.5. The van der Waals surface area contributed by atoms with Gasteiger partial charge in [0.2, 0.25) is 0 Å². The SMILES string of the molecule is Cn1ccnc1COc1ccc(CN2CCN(CCOc3ccccc3)CC2)cc1. The third-order valence-electron chi connectivity index (χ3n) is 5.50. The molecule has 158 valence electrons. The number of rotatable bonds is 9. The first-order valence-corrected chi connectivity index (χ1v) is 10.6. The van der Waals surface area contributed by atoms with Gasteiger partial charge in [0.15, 0.2) is 0 Å². The number of aryl methyl sites for hydroxylation is 1. The van der Waals surface area contributed by atoms with Crippen molar-refractivity contribution >= 4 is 0 Å². The molecule has 1 aliphatic rings. The van der Waals surface area contributed by atoms with Gasteiger partial charge in [-0.05, 0) is 29.8 Å². The molecule has 6 heteroatoms. The van der Waals surface area contributed by atoms with Crippen molar-refractivity contribution in [3.8, 4) is 11.5 Å². The smallest absolute Gasteiger partial charge is 0.146 e. The number of imidazole rings is 1. The van der Waals surface area contributed by atoms with Crippen molar-refractivity contribution in [2.24, 2.45) is 7.05 Å². The monoisotopic (exact) mass is 406 g/mol. The molecule has 1 aliphatic heterocycles. The van der Waals surface area contributed by atoms with Crippen LogP contribution in [0.25, 0.3) is 0 Å². The summed E-state index contributed by atoms with van der Waals surface area (Å²) >= 11 is 0. The van der Waals surface area contributed by atoms with E-state index >= 15 is 0 Å². The standard InChI is InChI=1S/C24H30N4O2/c1-26-12-11-25-24(26)20-30-23-9-7-21(8-10-23)19-28-15-13-27(14-16-28)17-18-29-22-5-3-2-4-6-22/h2-12H,13-20H2,1H3. The van der Waals surface area contributed by atoms with Gasteiger partial charge < -0.3 is 14.0 Å². The van der Waals surface area contributed by atoms with Crippen LogP contribution in [0.1, 0.15) is 11.4 Å². The van der Waals surface area contributed by atoms with E-state index in [2.05, 4.69) is 39.0 Å². The molecule has 0 atom stereocenters. The minimum absolute atomic E-state index is 0.485. The summed E-state index contributed by atoms with van der Waals surface area (Å²) < 4.78 is 13.6. The Balaban J connectivity index is 1.15. The third kappa shape index (κ3) is 5.84. The van der Waals surface area contributed by atoms with Crippen molar-refractivity contribution in [1.82, 2.24) is 19.4 Å². The first kappa shape index (κ1) is 20.4. The zero-order chi connectivity index (χ0) is 20.6. The van der Waals surface area contributed by atoms with Crippen molar-refractivity contribution < 1.29 is 9.47 Å². The lowest BCUT2D eigenvalue weighted by atomic mass is 10.2. The third-order valence-corrected chi connectivity index (χ3v) is 5.50. The quantitative estimate of drug-likeness (QED) is 0.546. The lowest BCUT2D eigenvalue weighted by Gasteiger charge is -2.34. The van der Waals surface area contributed by atoms with Crippen LogP contribution in [0.3, 0.4) is 0 Å². The number of benzene rings is 2. The van der Waals surface area contributed by atoms with Gasteiger partial charge in [0.1, 0.15) is 30.5 Å². The normalized spacial score (nSPS) is 15.2. The molecule has 4 rings (SSSR count). The summed E-state index contributed by atoms with van der Waals surface area (Å²) in [6.45, 7) is 7.53. The van der Waals surface area contributed by atoms with Gasteiger partial charge in [-0.25, -0.2) is 4.98 Å². The molecule has 1 saturated heterocycles. The van der Waals surface area contributed by atoms with E-state index in [1.165, 1.54) is 5.56 Å². The molecule has 0 N–H and O–H groups in total. The fourth-order valence-corrected chi connectivity index (χ4v) is 3.61. The summed E-state index contributed by atoms with van der Waals surface area (Å²) in [7, 11) is 1.98. The summed E-state index contributed by atoms with van der Waals surface area (Å²) in [4.78, 5) is 9.28. The number of aromatic nitrogens is 2. The van der Waals surface area contributed by atoms with Gasteiger partial charge in [-0.15, -0.1) is 0 Å². The molecule has 1 fully saturated rings. The van der Waals surface area contributed by atoms with Crippen LogP contribution in [0.4, 0.5) is 0 Å². The van der Waals surface area contributed by atoms with E-state index in [0.29, 0.717) is 6.61 Å². The molecular formula is C24H30N4O2. The number of ether oxygens (including phenoxy) is 2. The summed E-state index contributed by atoms with van der Waals surface area (Å²) in [6.07, 6.45) is 3.72. The molecule has 0 unspecified atom stereocenters. The summed E-state index contributed by atoms with van der Waals surface area (Å²) in [5.41, 5.74) is 1.32. The highest BCUT2D eigenvalue weighted by molar-refractivity contribution is 5.27. The Morgan fingerprint density at radius 2 is 1.53 bits per heavy atom. The lowest BCUT2D eigenvalue weighted by molar-refractivity contribution is 0.112. The van der Waals surface area contributed by atoms with Crippen molar-refractivity contribution in [3.63, 3.8) is 0 Å². The maximum absolute atomic E-state index is 5.84. The number of nitrogens with zero attached hydrogens (tertiary/aromatic N) is 4. The number of hydrogen-bond donors (Lipinski definition) is 0. The topological polar surface area (TPSA) is 42.8 Å². The minimum Gasteiger partial charge on any atom is -0.492 e. The predicted octanol–water partition coefficient (Wildman–Crippen LogP) is 3.20. The fourth-order valence-electron chi connectivity index (χ4n) is 3.61. The first-order chi connectivity index (χ1) is 14.8. The molecule has 0 aliphatic carbocycles. The summed E-state index contributed by atoms with van der Waals surface area (Å²) in [5, 5.41) is 0. The van der Waals surface area contributed by atoms with E-state index in [1.54, 1.807) is 6.20 Å². The predicted molar refractivity (Wildman–Crippen MR) is 118 cm³/mol. The average Bonchev–Trinajstić information content (AvgIpc) is 3.20. The molecule has 0 bridgehead atoms. The van der Waals surface area contributed by atoms with Gasteiger partial charge >= 0.3 is 0 Å². The molecule has 0 amide bonds. The highest BCUT2D eigenvalue weighted by Gasteiger charge is 2.16. The molecule has 0 saturated carbocycles. The highest BCUT2D eigenvalue weighted by atomic mass is 16.5. The van der Waals surface area contributed by atoms with Crippen LogP contribution >= 0.6 is 0 Å². The van der Waals surface area contributed by atoms with Crippen LogP contribution in [0.5, 0.6) is 11.5 Å². The highest BCUT2D eigenvalue weighted by Crippen LogP contribution is 2.16. The van der Waals surface area contributed by atoms with E-state index in [4.69, 9.17) is 9.47 Å².